The number of carbonyl (C=O) groups excluding carboxylic acids is 10. The smallest absolute Gasteiger partial charge is 0.246 e. The SMILES string of the molecule is CCCCCCCCCCCCCCCC(=O)NCCCC[C@H](NC(=O)[C@H](CCCCNC(=O)COCCOCCOCCO[C@@H]1O[C@H](CCO)[C@H](O)[C@H](O)[C@H]1NC(C)=O)NC(=O)[C@H](CCCCNC(=O)COCCOCCOCCO[C@@H]1O[C@H](CO)[C@H](O)[C@H](O)[C@H]1NC(C)=O)NC(=O)COCCOCCOCCO[C@@H]1O[C@H](CO)[C@H](O)[C@H](O)[C@H]1NC(C)=O)C(=O)CC. The third-order valence-electron chi connectivity index (χ3n) is 21.0. The van der Waals surface area contributed by atoms with E-state index in [1.165, 1.54) is 78.6 Å². The lowest BCUT2D eigenvalue weighted by Crippen LogP contribution is -2.64. The molecule has 0 spiro atoms. The summed E-state index contributed by atoms with van der Waals surface area (Å²) in [5, 5.41) is 115. The van der Waals surface area contributed by atoms with E-state index in [0.717, 1.165) is 25.7 Å². The van der Waals surface area contributed by atoms with Crippen LogP contribution in [-0.2, 0) is 119 Å². The molecule has 18 atom stereocenters. The fraction of sp³-hybridized carbons (Fsp3) is 0.882. The van der Waals surface area contributed by atoms with Crippen molar-refractivity contribution in [1.82, 2.24) is 47.9 Å². The highest BCUT2D eigenvalue weighted by molar-refractivity contribution is 5.94. The molecule has 0 aromatic rings. The summed E-state index contributed by atoms with van der Waals surface area (Å²) < 4.78 is 83.7. The van der Waals surface area contributed by atoms with Crippen LogP contribution in [0.1, 0.15) is 195 Å². The number of nitrogens with one attached hydrogen (secondary N) is 9. The van der Waals surface area contributed by atoms with Crippen LogP contribution in [0.4, 0.5) is 0 Å². The van der Waals surface area contributed by atoms with Crippen molar-refractivity contribution in [1.29, 1.82) is 0 Å². The van der Waals surface area contributed by atoms with Crippen LogP contribution in [0.2, 0.25) is 0 Å². The van der Waals surface area contributed by atoms with Gasteiger partial charge in [0.25, 0.3) is 0 Å². The van der Waals surface area contributed by atoms with Gasteiger partial charge >= 0.3 is 0 Å². The summed E-state index contributed by atoms with van der Waals surface area (Å²) in [6.45, 7) is 6.79. The van der Waals surface area contributed by atoms with Crippen LogP contribution in [0.25, 0.3) is 0 Å². The van der Waals surface area contributed by atoms with Gasteiger partial charge < -0.3 is 165 Å². The molecule has 0 aromatic carbocycles. The first-order chi connectivity index (χ1) is 61.8. The van der Waals surface area contributed by atoms with E-state index < -0.39 is 177 Å². The van der Waals surface area contributed by atoms with Crippen molar-refractivity contribution in [2.24, 2.45) is 0 Å². The van der Waals surface area contributed by atoms with E-state index in [1.54, 1.807) is 6.92 Å². The summed E-state index contributed by atoms with van der Waals surface area (Å²) in [4.78, 5) is 130. The molecule has 0 saturated carbocycles. The molecule has 3 aliphatic rings. The summed E-state index contributed by atoms with van der Waals surface area (Å²) in [5.74, 6) is -4.79. The maximum Gasteiger partial charge on any atom is 0.246 e. The molecule has 0 radical (unpaired) electrons. The quantitative estimate of drug-likeness (QED) is 0.0273. The molecular formula is C85H155N9O34. The number of unbranched alkanes of at least 4 members (excludes halogenated alkanes) is 15. The zero-order valence-corrected chi connectivity index (χ0v) is 75.9. The molecule has 43 nitrogen and oxygen atoms in total. The van der Waals surface area contributed by atoms with Crippen molar-refractivity contribution >= 4 is 58.9 Å². The van der Waals surface area contributed by atoms with Gasteiger partial charge in [0.1, 0.15) is 98.9 Å². The predicted molar refractivity (Wildman–Crippen MR) is 458 cm³/mol. The number of aliphatic hydroxyl groups is 9. The van der Waals surface area contributed by atoms with Crippen LogP contribution in [-0.4, -0.2) is 393 Å². The van der Waals surface area contributed by atoms with Gasteiger partial charge in [0.15, 0.2) is 24.7 Å². The maximum atomic E-state index is 14.6. The highest BCUT2D eigenvalue weighted by atomic mass is 16.7. The number of hydrogen-bond acceptors (Lipinski definition) is 34. The van der Waals surface area contributed by atoms with Crippen molar-refractivity contribution in [3.05, 3.63) is 0 Å². The average molecular weight is 1850 g/mol. The van der Waals surface area contributed by atoms with Gasteiger partial charge in [0.05, 0.1) is 144 Å². The lowest BCUT2D eigenvalue weighted by atomic mass is 9.95. The summed E-state index contributed by atoms with van der Waals surface area (Å²) in [7, 11) is 0. The van der Waals surface area contributed by atoms with Crippen LogP contribution in [0.5, 0.6) is 0 Å². The number of amides is 9. The van der Waals surface area contributed by atoms with E-state index in [2.05, 4.69) is 54.8 Å². The third-order valence-corrected chi connectivity index (χ3v) is 21.0. The second-order valence-corrected chi connectivity index (χ2v) is 31.7. The Kier molecular flexibility index (Phi) is 66.6. The minimum Gasteiger partial charge on any atom is -0.396 e. The first-order valence-electron chi connectivity index (χ1n) is 45.8. The fourth-order valence-electron chi connectivity index (χ4n) is 14.0. The highest BCUT2D eigenvalue weighted by Crippen LogP contribution is 2.27. The first kappa shape index (κ1) is 116. The number of carbonyl (C=O) groups is 10. The zero-order chi connectivity index (χ0) is 93.9. The van der Waals surface area contributed by atoms with Crippen molar-refractivity contribution in [3.63, 3.8) is 0 Å². The summed E-state index contributed by atoms with van der Waals surface area (Å²) in [5.41, 5.74) is 0. The van der Waals surface area contributed by atoms with E-state index in [0.29, 0.717) is 38.6 Å². The van der Waals surface area contributed by atoms with Crippen molar-refractivity contribution in [3.8, 4) is 0 Å². The molecule has 744 valence electrons. The predicted octanol–water partition coefficient (Wildman–Crippen LogP) is -2.82. The van der Waals surface area contributed by atoms with Crippen LogP contribution >= 0.6 is 0 Å². The molecular weight excluding hydrogens is 1690 g/mol. The van der Waals surface area contributed by atoms with Crippen LogP contribution in [0, 0.1) is 0 Å². The molecule has 0 bridgehead atoms. The molecule has 0 unspecified atom stereocenters. The average Bonchev–Trinajstić information content (AvgIpc) is 0.818. The van der Waals surface area contributed by atoms with Gasteiger partial charge in [0, 0.05) is 59.9 Å². The minimum atomic E-state index is -1.48. The van der Waals surface area contributed by atoms with Crippen LogP contribution in [0.3, 0.4) is 0 Å². The third kappa shape index (κ3) is 52.4. The van der Waals surface area contributed by atoms with Crippen molar-refractivity contribution in [2.45, 2.75) is 305 Å². The topological polar surface area (TPSA) is 599 Å². The number of rotatable bonds is 79. The molecule has 3 heterocycles. The summed E-state index contributed by atoms with van der Waals surface area (Å²) in [6, 6.07) is -6.76. The summed E-state index contributed by atoms with van der Waals surface area (Å²) >= 11 is 0. The van der Waals surface area contributed by atoms with Crippen molar-refractivity contribution in [2.75, 3.05) is 178 Å². The van der Waals surface area contributed by atoms with Crippen molar-refractivity contribution < 1.29 is 165 Å². The lowest BCUT2D eigenvalue weighted by molar-refractivity contribution is -0.272. The first-order valence-corrected chi connectivity index (χ1v) is 45.8. The van der Waals surface area contributed by atoms with Crippen LogP contribution < -0.4 is 47.9 Å². The van der Waals surface area contributed by atoms with Gasteiger partial charge in [-0.25, -0.2) is 0 Å². The molecule has 0 aliphatic carbocycles. The van der Waals surface area contributed by atoms with E-state index in [-0.39, 0.29) is 208 Å². The number of Topliss-reactive ketones (excluding diaryl/α,β-unsaturated/α-hetero) is 1. The Labute approximate surface area is 752 Å². The normalized spacial score (nSPS) is 22.9. The highest BCUT2D eigenvalue weighted by Gasteiger charge is 2.48. The van der Waals surface area contributed by atoms with E-state index in [4.69, 9.17) is 71.1 Å². The number of ketones is 1. The van der Waals surface area contributed by atoms with E-state index >= 15 is 0 Å². The lowest BCUT2D eigenvalue weighted by Gasteiger charge is -2.42. The van der Waals surface area contributed by atoms with Gasteiger partial charge in [0.2, 0.25) is 53.2 Å². The molecule has 128 heavy (non-hydrogen) atoms. The maximum absolute atomic E-state index is 14.6. The zero-order valence-electron chi connectivity index (χ0n) is 75.9. The van der Waals surface area contributed by atoms with Gasteiger partial charge in [-0.15, -0.1) is 0 Å². The molecule has 3 fully saturated rings. The number of hydrogen-bond donors (Lipinski definition) is 18. The largest absolute Gasteiger partial charge is 0.396 e. The Hall–Kier alpha value is -6.06. The molecule has 18 N–H and O–H groups in total. The monoisotopic (exact) mass is 1850 g/mol. The molecule has 9 amide bonds. The molecule has 3 aliphatic heterocycles. The standard InChI is InChI=1S/C85H155N9O34/c1-6-8-9-10-11-12-13-14-15-16-17-18-19-29-68(102)86-31-23-20-26-61(64(101)7-2)93-82(113)63(28-22-25-33-88-70(104)56-121-45-41-114-35-38-117-47-50-123-83-72(89-58(3)98)78(109)75(106)65(126-83)30-34-95)94-81(112)62(92-71(105)57-122-46-43-116-37-40-119-49-52-125-85-74(91-60(5)100)80(111)77(108)67(54-97)128-85)27-21-24-32-87-69(103)55-120-44-42-115-36-39-118-48-51-124-84-73(90-59(4)99)79(110)76(107)66(53-96)127-84/h61-63,65-67,72-80,83-85,95-97,106-111H,6-57H2,1-5H3,(H,86,102)(H,87,103)(H,88,104)(H,89,98)(H,90,99)(H,91,100)(H,92,105)(H,93,113)(H,94,112)/t61-,62-,63-,65+,66+,67+,72+,73+,74+,75-,76-,77-,78+,79+,80+,83+,84+,85+/m0/s1. The van der Waals surface area contributed by atoms with Gasteiger partial charge in [-0.2, -0.15) is 0 Å². The Bertz CT molecular complexity index is 2990. The minimum absolute atomic E-state index is 0.00682. The van der Waals surface area contributed by atoms with E-state index in [1.807, 2.05) is 0 Å². The Balaban J connectivity index is 1.60. The number of ether oxygens (including phenoxy) is 15. The molecule has 43 heteroatoms. The summed E-state index contributed by atoms with van der Waals surface area (Å²) in [6.07, 6.45) is 3.12. The molecule has 0 aromatic heterocycles. The van der Waals surface area contributed by atoms with E-state index in [9.17, 15) is 93.9 Å². The Morgan fingerprint density at radius 3 is 0.961 bits per heavy atom. The Morgan fingerprint density at radius 1 is 0.320 bits per heavy atom. The van der Waals surface area contributed by atoms with Gasteiger partial charge in [-0.05, 0) is 70.6 Å². The fourth-order valence-corrected chi connectivity index (χ4v) is 14.0. The molecule has 3 rings (SSSR count). The van der Waals surface area contributed by atoms with Crippen LogP contribution in [0.15, 0.2) is 0 Å². The van der Waals surface area contributed by atoms with Gasteiger partial charge in [-0.1, -0.05) is 90.9 Å². The number of aliphatic hydroxyl groups excluding tert-OH is 9. The second kappa shape index (κ2) is 73.4. The molecule has 3 saturated heterocycles. The Morgan fingerprint density at radius 2 is 0.617 bits per heavy atom. The second-order valence-electron chi connectivity index (χ2n) is 31.7. The van der Waals surface area contributed by atoms with Gasteiger partial charge in [-0.3, -0.25) is 47.9 Å².